The molecule has 4 nitrogen and oxygen atoms in total. The maximum absolute atomic E-state index is 14.7. The van der Waals surface area contributed by atoms with Crippen molar-refractivity contribution in [2.75, 3.05) is 0 Å². The third-order valence-corrected chi connectivity index (χ3v) is 6.91. The molecule has 0 fully saturated rings. The lowest BCUT2D eigenvalue weighted by Gasteiger charge is -2.32. The summed E-state index contributed by atoms with van der Waals surface area (Å²) >= 11 is 0. The first-order valence-electron chi connectivity index (χ1n) is 10.1. The van der Waals surface area contributed by atoms with Gasteiger partial charge in [-0.1, -0.05) is 0 Å². The number of fused-ring (bicyclic) bond motifs is 2. The monoisotopic (exact) mass is 429 g/mol. The van der Waals surface area contributed by atoms with Gasteiger partial charge in [-0.15, -0.1) is 0 Å². The quantitative estimate of drug-likeness (QED) is 0.429. The average Bonchev–Trinajstić information content (AvgIpc) is 3.27. The number of aromatic amines is 1. The Bertz CT molecular complexity index is 1360. The normalized spacial score (nSPS) is 14.5. The van der Waals surface area contributed by atoms with E-state index in [0.29, 0.717) is 33.1 Å². The molecule has 0 radical (unpaired) electrons. The molecule has 164 valence electrons. The third kappa shape index (κ3) is 2.75. The van der Waals surface area contributed by atoms with Crippen molar-refractivity contribution in [3.8, 4) is 0 Å². The Morgan fingerprint density at radius 2 is 1.58 bits per heavy atom. The number of aliphatic hydroxyl groups is 1. The number of hydrogen-bond acceptors (Lipinski definition) is 2. The minimum Gasteiger partial charge on any atom is -0.370 e. The van der Waals surface area contributed by atoms with Crippen LogP contribution in [0, 0.1) is 41.5 Å². The van der Waals surface area contributed by atoms with Crippen molar-refractivity contribution in [1.82, 2.24) is 14.5 Å². The standard InChI is InChI=1S/C24H26F3N3O/c1-11-10-18-20(15(5)12(11)2)29-22(28-18)23(31,24(25,26)27)19-14(4)13(3)16(6)21-17(19)8-9-30(21)7/h8-10,31H,1-7H3,(H,28,29). The summed E-state index contributed by atoms with van der Waals surface area (Å²) in [6.45, 7) is 10.9. The number of nitrogens with zero attached hydrogens (tertiary/aromatic N) is 2. The predicted molar refractivity (Wildman–Crippen MR) is 116 cm³/mol. The number of imidazole rings is 1. The molecule has 0 aliphatic rings. The number of rotatable bonds is 2. The molecule has 1 atom stereocenters. The van der Waals surface area contributed by atoms with Crippen LogP contribution in [-0.4, -0.2) is 25.8 Å². The summed E-state index contributed by atoms with van der Waals surface area (Å²) in [5, 5.41) is 11.9. The van der Waals surface area contributed by atoms with Gasteiger partial charge in [0.05, 0.1) is 16.6 Å². The Hall–Kier alpha value is -2.80. The number of halogens is 3. The van der Waals surface area contributed by atoms with E-state index in [1.807, 2.05) is 27.7 Å². The van der Waals surface area contributed by atoms with Gasteiger partial charge in [-0.2, -0.15) is 13.2 Å². The first-order chi connectivity index (χ1) is 14.3. The van der Waals surface area contributed by atoms with Crippen LogP contribution in [0.25, 0.3) is 21.9 Å². The van der Waals surface area contributed by atoms with E-state index < -0.39 is 17.6 Å². The molecular formula is C24H26F3N3O. The van der Waals surface area contributed by atoms with Gasteiger partial charge in [0.2, 0.25) is 5.60 Å². The number of nitrogens with one attached hydrogen (secondary N) is 1. The van der Waals surface area contributed by atoms with E-state index in [9.17, 15) is 18.3 Å². The minimum absolute atomic E-state index is 0.177. The zero-order valence-electron chi connectivity index (χ0n) is 18.7. The number of benzene rings is 2. The zero-order chi connectivity index (χ0) is 23.0. The van der Waals surface area contributed by atoms with Crippen molar-refractivity contribution in [3.63, 3.8) is 0 Å². The van der Waals surface area contributed by atoms with Gasteiger partial charge in [0, 0.05) is 24.2 Å². The highest BCUT2D eigenvalue weighted by molar-refractivity contribution is 5.91. The van der Waals surface area contributed by atoms with Crippen LogP contribution >= 0.6 is 0 Å². The van der Waals surface area contributed by atoms with Gasteiger partial charge in [0.15, 0.2) is 5.82 Å². The van der Waals surface area contributed by atoms with Crippen molar-refractivity contribution in [3.05, 3.63) is 63.1 Å². The lowest BCUT2D eigenvalue weighted by atomic mass is 9.82. The summed E-state index contributed by atoms with van der Waals surface area (Å²) in [6.07, 6.45) is -3.28. The summed E-state index contributed by atoms with van der Waals surface area (Å²) in [5.74, 6) is -0.514. The number of aromatic nitrogens is 3. The van der Waals surface area contributed by atoms with Gasteiger partial charge in [-0.3, -0.25) is 0 Å². The SMILES string of the molecule is Cc1cc2[nH]c(C(O)(c3c(C)c(C)c(C)c4c3ccn4C)C(F)(F)F)nc2c(C)c1C. The number of alkyl halides is 3. The second-order valence-corrected chi connectivity index (χ2v) is 8.57. The Morgan fingerprint density at radius 1 is 0.935 bits per heavy atom. The van der Waals surface area contributed by atoms with Crippen molar-refractivity contribution in [1.29, 1.82) is 0 Å². The molecule has 0 bridgehead atoms. The maximum Gasteiger partial charge on any atom is 0.428 e. The van der Waals surface area contributed by atoms with Gasteiger partial charge in [-0.05, 0) is 87.1 Å². The molecule has 0 saturated heterocycles. The number of H-pyrrole nitrogens is 1. The lowest BCUT2D eigenvalue weighted by Crippen LogP contribution is -2.45. The van der Waals surface area contributed by atoms with Crippen LogP contribution < -0.4 is 0 Å². The highest BCUT2D eigenvalue weighted by Crippen LogP contribution is 2.48. The average molecular weight is 429 g/mol. The van der Waals surface area contributed by atoms with Crippen LogP contribution in [-0.2, 0) is 12.6 Å². The fraction of sp³-hybridized carbons (Fsp3) is 0.375. The van der Waals surface area contributed by atoms with E-state index in [-0.39, 0.29) is 5.56 Å². The molecule has 0 spiro atoms. The lowest BCUT2D eigenvalue weighted by molar-refractivity contribution is -0.250. The van der Waals surface area contributed by atoms with Gasteiger partial charge >= 0.3 is 6.18 Å². The van der Waals surface area contributed by atoms with E-state index in [1.165, 1.54) is 0 Å². The summed E-state index contributed by atoms with van der Waals surface area (Å²) in [7, 11) is 1.79. The molecule has 0 saturated carbocycles. The van der Waals surface area contributed by atoms with Crippen molar-refractivity contribution in [2.24, 2.45) is 7.05 Å². The summed E-state index contributed by atoms with van der Waals surface area (Å²) in [5.41, 5.74) is 2.83. The summed E-state index contributed by atoms with van der Waals surface area (Å²) < 4.78 is 45.9. The highest BCUT2D eigenvalue weighted by atomic mass is 19.4. The second-order valence-electron chi connectivity index (χ2n) is 8.57. The molecule has 7 heteroatoms. The Labute approximate surface area is 178 Å². The molecule has 0 amide bonds. The molecule has 1 unspecified atom stereocenters. The summed E-state index contributed by atoms with van der Waals surface area (Å²) in [6, 6.07) is 3.40. The van der Waals surface area contributed by atoms with Crippen LogP contribution in [0.2, 0.25) is 0 Å². The van der Waals surface area contributed by atoms with Crippen molar-refractivity contribution >= 4 is 21.9 Å². The van der Waals surface area contributed by atoms with E-state index >= 15 is 0 Å². The molecule has 2 N–H and O–H groups in total. The number of hydrogen-bond donors (Lipinski definition) is 2. The molecule has 31 heavy (non-hydrogen) atoms. The third-order valence-electron chi connectivity index (χ3n) is 6.91. The Kier molecular flexibility index (Phi) is 4.56. The highest BCUT2D eigenvalue weighted by Gasteiger charge is 2.60. The first kappa shape index (κ1) is 21.4. The molecule has 2 aromatic carbocycles. The van der Waals surface area contributed by atoms with Crippen LogP contribution in [0.15, 0.2) is 18.3 Å². The summed E-state index contributed by atoms with van der Waals surface area (Å²) in [4.78, 5) is 7.10. The topological polar surface area (TPSA) is 53.8 Å². The molecule has 4 rings (SSSR count). The minimum atomic E-state index is -4.99. The fourth-order valence-electron chi connectivity index (χ4n) is 4.65. The van der Waals surface area contributed by atoms with E-state index in [0.717, 1.165) is 22.3 Å². The van der Waals surface area contributed by atoms with Gasteiger partial charge in [0.1, 0.15) is 0 Å². The van der Waals surface area contributed by atoms with Gasteiger partial charge < -0.3 is 14.7 Å². The fourth-order valence-corrected chi connectivity index (χ4v) is 4.65. The van der Waals surface area contributed by atoms with Crippen molar-refractivity contribution in [2.45, 2.75) is 53.3 Å². The predicted octanol–water partition coefficient (Wildman–Crippen LogP) is 5.70. The molecule has 0 aliphatic heterocycles. The van der Waals surface area contributed by atoms with Crippen LogP contribution in [0.1, 0.15) is 44.8 Å². The van der Waals surface area contributed by atoms with E-state index in [4.69, 9.17) is 0 Å². The van der Waals surface area contributed by atoms with Crippen molar-refractivity contribution < 1.29 is 18.3 Å². The van der Waals surface area contributed by atoms with E-state index in [1.54, 1.807) is 43.8 Å². The van der Waals surface area contributed by atoms with Crippen LogP contribution in [0.3, 0.4) is 0 Å². The first-order valence-corrected chi connectivity index (χ1v) is 10.1. The maximum atomic E-state index is 14.7. The second kappa shape index (κ2) is 6.60. The molecule has 4 aromatic rings. The molecule has 2 aromatic heterocycles. The van der Waals surface area contributed by atoms with Crippen LogP contribution in [0.5, 0.6) is 0 Å². The Balaban J connectivity index is 2.16. The zero-order valence-corrected chi connectivity index (χ0v) is 18.7. The largest absolute Gasteiger partial charge is 0.428 e. The molecule has 0 aliphatic carbocycles. The Morgan fingerprint density at radius 3 is 2.19 bits per heavy atom. The molecule has 2 heterocycles. The van der Waals surface area contributed by atoms with Gasteiger partial charge in [-0.25, -0.2) is 4.98 Å². The van der Waals surface area contributed by atoms with E-state index in [2.05, 4.69) is 9.97 Å². The smallest absolute Gasteiger partial charge is 0.370 e. The number of aryl methyl sites for hydroxylation is 4. The van der Waals surface area contributed by atoms with Gasteiger partial charge in [0.25, 0.3) is 0 Å². The molecular weight excluding hydrogens is 403 g/mol. The van der Waals surface area contributed by atoms with Crippen LogP contribution in [0.4, 0.5) is 13.2 Å².